The molecular weight excluding hydrogens is 281 g/mol. The van der Waals surface area contributed by atoms with Gasteiger partial charge in [0.15, 0.2) is 0 Å². The molecule has 6 heteroatoms. The average molecular weight is 302 g/mol. The van der Waals surface area contributed by atoms with Gasteiger partial charge in [-0.05, 0) is 36.6 Å². The Bertz CT molecular complexity index is 445. The van der Waals surface area contributed by atoms with Crippen LogP contribution in [0.15, 0.2) is 24.3 Å². The van der Waals surface area contributed by atoms with Crippen LogP contribution in [0.25, 0.3) is 0 Å². The van der Waals surface area contributed by atoms with Crippen molar-refractivity contribution >= 4 is 5.69 Å². The Balaban J connectivity index is 1.98. The second kappa shape index (κ2) is 6.56. The first-order valence-electron chi connectivity index (χ1n) is 7.17. The van der Waals surface area contributed by atoms with Crippen molar-refractivity contribution in [3.05, 3.63) is 24.3 Å². The average Bonchev–Trinajstić information content (AvgIpc) is 2.37. The number of alkyl halides is 3. The van der Waals surface area contributed by atoms with Gasteiger partial charge in [0.25, 0.3) is 0 Å². The first-order chi connectivity index (χ1) is 9.83. The summed E-state index contributed by atoms with van der Waals surface area (Å²) in [6.45, 7) is 6.98. The maximum absolute atomic E-state index is 12.1. The highest BCUT2D eigenvalue weighted by Crippen LogP contribution is 2.26. The summed E-state index contributed by atoms with van der Waals surface area (Å²) in [5.74, 6) is 0.435. The van der Waals surface area contributed by atoms with E-state index in [1.165, 1.54) is 12.1 Å². The van der Waals surface area contributed by atoms with E-state index < -0.39 is 6.36 Å². The minimum atomic E-state index is -4.64. The summed E-state index contributed by atoms with van der Waals surface area (Å²) in [4.78, 5) is 2.20. The van der Waals surface area contributed by atoms with Crippen molar-refractivity contribution in [3.63, 3.8) is 0 Å². The monoisotopic (exact) mass is 302 g/mol. The van der Waals surface area contributed by atoms with Gasteiger partial charge in [-0.1, -0.05) is 13.8 Å². The van der Waals surface area contributed by atoms with Crippen LogP contribution in [0.2, 0.25) is 0 Å². The number of halogens is 3. The van der Waals surface area contributed by atoms with Gasteiger partial charge >= 0.3 is 6.36 Å². The molecule has 118 valence electrons. The number of rotatable bonds is 4. The predicted octanol–water partition coefficient (Wildman–Crippen LogP) is 3.41. The first kappa shape index (κ1) is 15.9. The fraction of sp³-hybridized carbons (Fsp3) is 0.600. The summed E-state index contributed by atoms with van der Waals surface area (Å²) in [6, 6.07) is 6.51. The highest BCUT2D eigenvalue weighted by atomic mass is 19.4. The predicted molar refractivity (Wildman–Crippen MR) is 76.6 cm³/mol. The van der Waals surface area contributed by atoms with Crippen molar-refractivity contribution in [1.29, 1.82) is 0 Å². The zero-order chi connectivity index (χ0) is 15.5. The molecule has 1 unspecified atom stereocenters. The molecule has 1 aliphatic heterocycles. The summed E-state index contributed by atoms with van der Waals surface area (Å²) in [6.07, 6.45) is -3.55. The third-order valence-electron chi connectivity index (χ3n) is 3.45. The van der Waals surface area contributed by atoms with E-state index in [0.717, 1.165) is 31.7 Å². The fourth-order valence-electron chi connectivity index (χ4n) is 2.65. The molecule has 2 rings (SSSR count). The van der Waals surface area contributed by atoms with E-state index in [0.29, 0.717) is 12.0 Å². The molecule has 1 heterocycles. The number of piperazine rings is 1. The zero-order valence-corrected chi connectivity index (χ0v) is 12.3. The van der Waals surface area contributed by atoms with Crippen LogP contribution in [-0.2, 0) is 0 Å². The summed E-state index contributed by atoms with van der Waals surface area (Å²) in [5.41, 5.74) is 0.930. The van der Waals surface area contributed by atoms with Crippen molar-refractivity contribution in [3.8, 4) is 5.75 Å². The number of nitrogens with zero attached hydrogens (tertiary/aromatic N) is 1. The highest BCUT2D eigenvalue weighted by Gasteiger charge is 2.31. The van der Waals surface area contributed by atoms with Crippen molar-refractivity contribution in [2.45, 2.75) is 32.7 Å². The lowest BCUT2D eigenvalue weighted by Gasteiger charge is -2.36. The van der Waals surface area contributed by atoms with Crippen LogP contribution in [0.4, 0.5) is 18.9 Å². The number of hydrogen-bond acceptors (Lipinski definition) is 3. The largest absolute Gasteiger partial charge is 0.573 e. The van der Waals surface area contributed by atoms with E-state index in [-0.39, 0.29) is 5.75 Å². The Kier molecular flexibility index (Phi) is 4.98. The molecule has 1 saturated heterocycles. The number of anilines is 1. The fourth-order valence-corrected chi connectivity index (χ4v) is 2.65. The smallest absolute Gasteiger partial charge is 0.406 e. The summed E-state index contributed by atoms with van der Waals surface area (Å²) in [5, 5.41) is 3.48. The van der Waals surface area contributed by atoms with Crippen LogP contribution in [0.1, 0.15) is 20.3 Å². The molecule has 1 aromatic carbocycles. The van der Waals surface area contributed by atoms with Gasteiger partial charge in [-0.3, -0.25) is 0 Å². The van der Waals surface area contributed by atoms with E-state index in [1.54, 1.807) is 12.1 Å². The zero-order valence-electron chi connectivity index (χ0n) is 12.3. The molecule has 1 atom stereocenters. The Morgan fingerprint density at radius 2 is 1.95 bits per heavy atom. The van der Waals surface area contributed by atoms with Crippen LogP contribution in [0.5, 0.6) is 5.75 Å². The third-order valence-corrected chi connectivity index (χ3v) is 3.45. The third kappa shape index (κ3) is 5.12. The maximum atomic E-state index is 12.1. The molecule has 1 aromatic rings. The van der Waals surface area contributed by atoms with Gasteiger partial charge in [-0.2, -0.15) is 0 Å². The molecule has 0 aromatic heterocycles. The van der Waals surface area contributed by atoms with E-state index >= 15 is 0 Å². The molecule has 1 N–H and O–H groups in total. The molecule has 0 saturated carbocycles. The molecule has 1 fully saturated rings. The molecule has 0 spiro atoms. The second-order valence-electron chi connectivity index (χ2n) is 5.77. The van der Waals surface area contributed by atoms with Gasteiger partial charge in [0.1, 0.15) is 5.75 Å². The molecule has 3 nitrogen and oxygen atoms in total. The summed E-state index contributed by atoms with van der Waals surface area (Å²) in [7, 11) is 0. The van der Waals surface area contributed by atoms with Crippen molar-refractivity contribution in [2.75, 3.05) is 24.5 Å². The molecule has 0 radical (unpaired) electrons. The quantitative estimate of drug-likeness (QED) is 0.922. The standard InChI is InChI=1S/C15H21F3N2O/c1-11(2)9-12-10-20(8-7-19-12)13-3-5-14(6-4-13)21-15(16,17)18/h3-6,11-12,19H,7-10H2,1-2H3. The van der Waals surface area contributed by atoms with Crippen LogP contribution >= 0.6 is 0 Å². The molecule has 1 aliphatic rings. The highest BCUT2D eigenvalue weighted by molar-refractivity contribution is 5.49. The second-order valence-corrected chi connectivity index (χ2v) is 5.77. The Hall–Kier alpha value is -1.43. The molecule has 21 heavy (non-hydrogen) atoms. The van der Waals surface area contributed by atoms with E-state index in [4.69, 9.17) is 0 Å². The SMILES string of the molecule is CC(C)CC1CN(c2ccc(OC(F)(F)F)cc2)CCN1. The van der Waals surface area contributed by atoms with Crippen LogP contribution in [0.3, 0.4) is 0 Å². The topological polar surface area (TPSA) is 24.5 Å². The maximum Gasteiger partial charge on any atom is 0.573 e. The van der Waals surface area contributed by atoms with E-state index in [2.05, 4.69) is 28.8 Å². The van der Waals surface area contributed by atoms with Gasteiger partial charge < -0.3 is 15.0 Å². The molecule has 0 amide bonds. The molecule has 0 bridgehead atoms. The first-order valence-corrected chi connectivity index (χ1v) is 7.17. The Labute approximate surface area is 123 Å². The number of benzene rings is 1. The lowest BCUT2D eigenvalue weighted by atomic mass is 10.0. The normalized spacial score (nSPS) is 19.9. The Morgan fingerprint density at radius 3 is 2.52 bits per heavy atom. The minimum Gasteiger partial charge on any atom is -0.406 e. The van der Waals surface area contributed by atoms with Crippen molar-refractivity contribution in [2.24, 2.45) is 5.92 Å². The van der Waals surface area contributed by atoms with E-state index in [9.17, 15) is 13.2 Å². The van der Waals surface area contributed by atoms with Crippen LogP contribution in [-0.4, -0.2) is 32.0 Å². The van der Waals surface area contributed by atoms with E-state index in [1.807, 2.05) is 0 Å². The van der Waals surface area contributed by atoms with Gasteiger partial charge in [0, 0.05) is 31.4 Å². The van der Waals surface area contributed by atoms with Crippen molar-refractivity contribution in [1.82, 2.24) is 5.32 Å². The lowest BCUT2D eigenvalue weighted by molar-refractivity contribution is -0.274. The van der Waals surface area contributed by atoms with Gasteiger partial charge in [-0.25, -0.2) is 0 Å². The summed E-state index contributed by atoms with van der Waals surface area (Å²) < 4.78 is 40.3. The number of nitrogens with one attached hydrogen (secondary N) is 1. The Morgan fingerprint density at radius 1 is 1.29 bits per heavy atom. The number of hydrogen-bond donors (Lipinski definition) is 1. The van der Waals surface area contributed by atoms with Crippen LogP contribution in [0, 0.1) is 5.92 Å². The minimum absolute atomic E-state index is 0.180. The van der Waals surface area contributed by atoms with Crippen LogP contribution < -0.4 is 15.0 Å². The van der Waals surface area contributed by atoms with Gasteiger partial charge in [0.05, 0.1) is 0 Å². The van der Waals surface area contributed by atoms with Gasteiger partial charge in [0.2, 0.25) is 0 Å². The van der Waals surface area contributed by atoms with Gasteiger partial charge in [-0.15, -0.1) is 13.2 Å². The molecule has 0 aliphatic carbocycles. The molecular formula is C15H21F3N2O. The lowest BCUT2D eigenvalue weighted by Crippen LogP contribution is -2.51. The summed E-state index contributed by atoms with van der Waals surface area (Å²) >= 11 is 0. The van der Waals surface area contributed by atoms with Crippen molar-refractivity contribution < 1.29 is 17.9 Å². The number of ether oxygens (including phenoxy) is 1.